The molecule has 0 N–H and O–H groups in total. The molecule has 1 aromatic rings. The Morgan fingerprint density at radius 2 is 1.93 bits per heavy atom. The monoisotopic (exact) mass is 440 g/mol. The van der Waals surface area contributed by atoms with Gasteiger partial charge in [-0.3, -0.25) is 9.69 Å². The Hall–Kier alpha value is -1.01. The van der Waals surface area contributed by atoms with Crippen LogP contribution in [0.5, 0.6) is 5.75 Å². The number of carbonyl (C=O) groups excluding carboxylic acids is 1. The molecule has 2 aliphatic heterocycles. The van der Waals surface area contributed by atoms with Gasteiger partial charge in [-0.25, -0.2) is 0 Å². The van der Waals surface area contributed by atoms with E-state index in [0.29, 0.717) is 21.8 Å². The van der Waals surface area contributed by atoms with Gasteiger partial charge in [-0.1, -0.05) is 23.2 Å². The molecule has 29 heavy (non-hydrogen) atoms. The molecule has 1 saturated carbocycles. The summed E-state index contributed by atoms with van der Waals surface area (Å²) in [5.41, 5.74) is 0.0294. The quantitative estimate of drug-likeness (QED) is 0.680. The lowest BCUT2D eigenvalue weighted by molar-refractivity contribution is -0.139. The van der Waals surface area contributed by atoms with E-state index in [4.69, 9.17) is 32.7 Å². The number of hydrogen-bond donors (Lipinski definition) is 0. The number of amides is 1. The number of ether oxygens (including phenoxy) is 2. The Morgan fingerprint density at radius 1 is 1.21 bits per heavy atom. The lowest BCUT2D eigenvalue weighted by atomic mass is 9.76. The molecule has 0 unspecified atom stereocenters. The fourth-order valence-electron chi connectivity index (χ4n) is 5.28. The number of rotatable bonds is 5. The van der Waals surface area contributed by atoms with E-state index in [-0.39, 0.29) is 24.2 Å². The first-order chi connectivity index (χ1) is 14.0. The van der Waals surface area contributed by atoms with Gasteiger partial charge in [0.25, 0.3) is 5.91 Å². The molecule has 1 aromatic carbocycles. The molecule has 1 spiro atoms. The van der Waals surface area contributed by atoms with Crippen molar-refractivity contribution in [2.45, 2.75) is 62.6 Å². The van der Waals surface area contributed by atoms with Gasteiger partial charge in [0.05, 0.1) is 5.60 Å². The zero-order chi connectivity index (χ0) is 20.4. The van der Waals surface area contributed by atoms with Crippen LogP contribution in [-0.4, -0.2) is 66.7 Å². The highest BCUT2D eigenvalue weighted by atomic mass is 35.5. The second-order valence-electron chi connectivity index (χ2n) is 8.65. The summed E-state index contributed by atoms with van der Waals surface area (Å²) in [4.78, 5) is 17.4. The zero-order valence-corrected chi connectivity index (χ0v) is 18.6. The van der Waals surface area contributed by atoms with Crippen molar-refractivity contribution in [1.29, 1.82) is 0 Å². The third-order valence-electron chi connectivity index (χ3n) is 6.80. The summed E-state index contributed by atoms with van der Waals surface area (Å²) in [5, 5.41) is 0.994. The molecule has 1 amide bonds. The lowest BCUT2D eigenvalue weighted by Gasteiger charge is -2.48. The van der Waals surface area contributed by atoms with Gasteiger partial charge < -0.3 is 14.4 Å². The maximum atomic E-state index is 12.9. The van der Waals surface area contributed by atoms with Crippen molar-refractivity contribution in [3.05, 3.63) is 28.2 Å². The van der Waals surface area contributed by atoms with Crippen LogP contribution in [0.2, 0.25) is 10.0 Å². The molecular weight excluding hydrogens is 411 g/mol. The van der Waals surface area contributed by atoms with E-state index in [1.807, 2.05) is 11.9 Å². The molecule has 2 heterocycles. The van der Waals surface area contributed by atoms with Crippen LogP contribution < -0.4 is 4.74 Å². The fraction of sp³-hybridized carbons (Fsp3) is 0.682. The van der Waals surface area contributed by atoms with Gasteiger partial charge in [0.15, 0.2) is 6.61 Å². The fourth-order valence-corrected chi connectivity index (χ4v) is 5.78. The molecule has 3 fully saturated rings. The van der Waals surface area contributed by atoms with Crippen molar-refractivity contribution in [2.24, 2.45) is 0 Å². The predicted octanol–water partition coefficient (Wildman–Crippen LogP) is 4.40. The Morgan fingerprint density at radius 3 is 2.59 bits per heavy atom. The number of halogens is 2. The third kappa shape index (κ3) is 4.84. The van der Waals surface area contributed by atoms with Crippen molar-refractivity contribution in [3.63, 3.8) is 0 Å². The molecule has 5 nitrogen and oxygen atoms in total. The van der Waals surface area contributed by atoms with Crippen molar-refractivity contribution in [3.8, 4) is 5.75 Å². The molecule has 0 bridgehead atoms. The standard InChI is InChI=1S/C22H30Cl2N2O3/c1-25(21(27)15-28-18-12-16(23)11-17(24)13-18)19-5-7-22(6-4-10-29-22)14-20(19)26-8-2-3-9-26/h11-13,19-20H,2-10,14-15H2,1H3/t19-,20-,22+/m0/s1. The summed E-state index contributed by atoms with van der Waals surface area (Å²) < 4.78 is 11.9. The molecule has 2 saturated heterocycles. The largest absolute Gasteiger partial charge is 0.484 e. The van der Waals surface area contributed by atoms with Crippen molar-refractivity contribution in [2.75, 3.05) is 33.4 Å². The summed E-state index contributed by atoms with van der Waals surface area (Å²) in [5.74, 6) is 0.501. The first kappa shape index (κ1) is 21.2. The molecule has 0 aromatic heterocycles. The predicted molar refractivity (Wildman–Crippen MR) is 115 cm³/mol. The molecule has 0 radical (unpaired) electrons. The molecule has 160 valence electrons. The van der Waals surface area contributed by atoms with E-state index in [1.165, 1.54) is 12.8 Å². The molecule has 7 heteroatoms. The number of benzene rings is 1. The van der Waals surface area contributed by atoms with E-state index in [9.17, 15) is 4.79 Å². The van der Waals surface area contributed by atoms with E-state index in [2.05, 4.69) is 4.90 Å². The number of carbonyl (C=O) groups is 1. The Labute approximate surface area is 183 Å². The van der Waals surface area contributed by atoms with Crippen LogP contribution in [0, 0.1) is 0 Å². The SMILES string of the molecule is CN(C(=O)COc1cc(Cl)cc(Cl)c1)[C@H]1CC[C@]2(CCCO2)C[C@@H]1N1CCCC1. The van der Waals surface area contributed by atoms with Crippen LogP contribution in [0.3, 0.4) is 0 Å². The van der Waals surface area contributed by atoms with E-state index in [1.54, 1.807) is 18.2 Å². The van der Waals surface area contributed by atoms with Gasteiger partial charge in [0.2, 0.25) is 0 Å². The number of hydrogen-bond acceptors (Lipinski definition) is 4. The third-order valence-corrected chi connectivity index (χ3v) is 7.24. The van der Waals surface area contributed by atoms with Crippen LogP contribution in [0.15, 0.2) is 18.2 Å². The summed E-state index contributed by atoms with van der Waals surface area (Å²) in [7, 11) is 1.91. The van der Waals surface area contributed by atoms with Crippen LogP contribution >= 0.6 is 23.2 Å². The summed E-state index contributed by atoms with van der Waals surface area (Å²) in [6, 6.07) is 5.56. The summed E-state index contributed by atoms with van der Waals surface area (Å²) in [6.45, 7) is 3.10. The van der Waals surface area contributed by atoms with Gasteiger partial charge in [-0.2, -0.15) is 0 Å². The first-order valence-corrected chi connectivity index (χ1v) is 11.4. The second-order valence-corrected chi connectivity index (χ2v) is 9.53. The molecule has 1 aliphatic carbocycles. The number of likely N-dealkylation sites (tertiary alicyclic amines) is 1. The second kappa shape index (κ2) is 9.01. The van der Waals surface area contributed by atoms with Crippen LogP contribution in [-0.2, 0) is 9.53 Å². The van der Waals surface area contributed by atoms with Crippen LogP contribution in [0.1, 0.15) is 44.9 Å². The minimum absolute atomic E-state index is 0.0152. The van der Waals surface area contributed by atoms with Gasteiger partial charge in [0.1, 0.15) is 5.75 Å². The zero-order valence-electron chi connectivity index (χ0n) is 17.0. The Balaban J connectivity index is 1.42. The van der Waals surface area contributed by atoms with E-state index < -0.39 is 0 Å². The minimum atomic E-state index is -0.0158. The van der Waals surface area contributed by atoms with E-state index in [0.717, 1.165) is 51.8 Å². The first-order valence-electron chi connectivity index (χ1n) is 10.7. The maximum absolute atomic E-state index is 12.9. The average Bonchev–Trinajstić information content (AvgIpc) is 3.37. The lowest BCUT2D eigenvalue weighted by Crippen LogP contribution is -2.58. The van der Waals surface area contributed by atoms with Crippen molar-refractivity contribution in [1.82, 2.24) is 9.80 Å². The molecule has 4 rings (SSSR count). The van der Waals surface area contributed by atoms with Gasteiger partial charge in [-0.15, -0.1) is 0 Å². The summed E-state index contributed by atoms with van der Waals surface area (Å²) >= 11 is 12.0. The summed E-state index contributed by atoms with van der Waals surface area (Å²) in [6.07, 6.45) is 7.83. The van der Waals surface area contributed by atoms with Crippen molar-refractivity contribution >= 4 is 29.1 Å². The highest BCUT2D eigenvalue weighted by Gasteiger charge is 2.47. The molecule has 3 aliphatic rings. The van der Waals surface area contributed by atoms with Gasteiger partial charge in [-0.05, 0) is 76.2 Å². The smallest absolute Gasteiger partial charge is 0.260 e. The Kier molecular flexibility index (Phi) is 6.59. The highest BCUT2D eigenvalue weighted by Crippen LogP contribution is 2.42. The molecule has 3 atom stereocenters. The molecular formula is C22H30Cl2N2O3. The van der Waals surface area contributed by atoms with Gasteiger partial charge in [0, 0.05) is 35.8 Å². The highest BCUT2D eigenvalue weighted by molar-refractivity contribution is 6.34. The minimum Gasteiger partial charge on any atom is -0.484 e. The Bertz CT molecular complexity index is 713. The normalized spacial score (nSPS) is 30.0. The average molecular weight is 441 g/mol. The maximum Gasteiger partial charge on any atom is 0.260 e. The van der Waals surface area contributed by atoms with Crippen molar-refractivity contribution < 1.29 is 14.3 Å². The van der Waals surface area contributed by atoms with Gasteiger partial charge >= 0.3 is 0 Å². The van der Waals surface area contributed by atoms with E-state index >= 15 is 0 Å². The topological polar surface area (TPSA) is 42.0 Å². The van der Waals surface area contributed by atoms with Crippen LogP contribution in [0.25, 0.3) is 0 Å². The van der Waals surface area contributed by atoms with Crippen LogP contribution in [0.4, 0.5) is 0 Å². The number of likely N-dealkylation sites (N-methyl/N-ethyl adjacent to an activating group) is 1. The number of nitrogens with zero attached hydrogens (tertiary/aromatic N) is 2.